The van der Waals surface area contributed by atoms with Gasteiger partial charge < -0.3 is 21.3 Å². The molecule has 1 aliphatic rings. The summed E-state index contributed by atoms with van der Waals surface area (Å²) in [7, 11) is 0. The first-order valence-electron chi connectivity index (χ1n) is 8.40. The maximum atomic E-state index is 10.2. The van der Waals surface area contributed by atoms with Crippen molar-refractivity contribution in [3.8, 4) is 0 Å². The van der Waals surface area contributed by atoms with Gasteiger partial charge in [0.2, 0.25) is 0 Å². The van der Waals surface area contributed by atoms with Crippen LogP contribution >= 0.6 is 0 Å². The smallest absolute Gasteiger partial charge is 0.167 e. The van der Waals surface area contributed by atoms with Crippen LogP contribution in [-0.4, -0.2) is 49.7 Å². The van der Waals surface area contributed by atoms with Gasteiger partial charge in [-0.3, -0.25) is 4.57 Å². The highest BCUT2D eigenvalue weighted by Gasteiger charge is 2.36. The van der Waals surface area contributed by atoms with Gasteiger partial charge in [0, 0.05) is 6.42 Å². The monoisotopic (exact) mass is 352 g/mol. The lowest BCUT2D eigenvalue weighted by atomic mass is 10.2. The first-order valence-corrected chi connectivity index (χ1v) is 8.40. The third kappa shape index (κ3) is 4.05. The van der Waals surface area contributed by atoms with Crippen LogP contribution in [0.4, 0.5) is 5.82 Å². The molecule has 138 valence electrons. The third-order valence-corrected chi connectivity index (χ3v) is 4.17. The largest absolute Gasteiger partial charge is 0.390 e. The van der Waals surface area contributed by atoms with Crippen LogP contribution < -0.4 is 11.5 Å². The highest BCUT2D eigenvalue weighted by atomic mass is 17.2. The second-order valence-electron chi connectivity index (χ2n) is 6.08. The Balaban J connectivity index is 1.57. The number of aromatic nitrogens is 4. The van der Waals surface area contributed by atoms with Crippen LogP contribution in [0, 0.1) is 0 Å². The molecule has 2 aromatic heterocycles. The Bertz CT molecular complexity index is 696. The van der Waals surface area contributed by atoms with Crippen molar-refractivity contribution in [2.24, 2.45) is 5.73 Å². The van der Waals surface area contributed by atoms with Crippen molar-refractivity contribution in [3.63, 3.8) is 0 Å². The van der Waals surface area contributed by atoms with Gasteiger partial charge in [-0.25, -0.2) is 24.7 Å². The SMILES string of the molecule is CCCCC(N)OOC[C@H]1O[C@@H](n2cnc3c(N)ncnc32)C[C@@H]1O. The second kappa shape index (κ2) is 8.02. The molecule has 0 saturated carbocycles. The van der Waals surface area contributed by atoms with E-state index in [0.29, 0.717) is 23.4 Å². The van der Waals surface area contributed by atoms with E-state index in [1.54, 1.807) is 10.9 Å². The maximum Gasteiger partial charge on any atom is 0.167 e. The van der Waals surface area contributed by atoms with Crippen molar-refractivity contribution in [2.75, 3.05) is 12.3 Å². The van der Waals surface area contributed by atoms with E-state index in [1.807, 2.05) is 0 Å². The number of aliphatic hydroxyl groups excluding tert-OH is 1. The lowest BCUT2D eigenvalue weighted by Gasteiger charge is -2.17. The Morgan fingerprint density at radius 2 is 2.28 bits per heavy atom. The summed E-state index contributed by atoms with van der Waals surface area (Å²) in [6, 6.07) is 0. The first-order chi connectivity index (χ1) is 12.1. The summed E-state index contributed by atoms with van der Waals surface area (Å²) >= 11 is 0. The van der Waals surface area contributed by atoms with Gasteiger partial charge in [-0.1, -0.05) is 13.3 Å². The average Bonchev–Trinajstić information content (AvgIpc) is 3.18. The summed E-state index contributed by atoms with van der Waals surface area (Å²) in [5, 5.41) is 10.2. The molecule has 4 atom stereocenters. The van der Waals surface area contributed by atoms with Crippen molar-refractivity contribution in [2.45, 2.75) is 57.3 Å². The summed E-state index contributed by atoms with van der Waals surface area (Å²) in [6.07, 6.45) is 3.92. The van der Waals surface area contributed by atoms with Gasteiger partial charge in [-0.2, -0.15) is 0 Å². The number of fused-ring (bicyclic) bond motifs is 1. The van der Waals surface area contributed by atoms with Crippen LogP contribution in [0.25, 0.3) is 11.2 Å². The normalized spacial score (nSPS) is 24.8. The molecule has 10 heteroatoms. The molecule has 10 nitrogen and oxygen atoms in total. The Hall–Kier alpha value is -1.85. The molecule has 1 saturated heterocycles. The number of rotatable bonds is 8. The Labute approximate surface area is 145 Å². The number of aliphatic hydroxyl groups is 1. The number of hydrogen-bond donors (Lipinski definition) is 3. The molecule has 1 unspecified atom stereocenters. The van der Waals surface area contributed by atoms with Crippen molar-refractivity contribution >= 4 is 17.0 Å². The highest BCUT2D eigenvalue weighted by Crippen LogP contribution is 2.31. The van der Waals surface area contributed by atoms with Crippen molar-refractivity contribution in [1.29, 1.82) is 0 Å². The predicted octanol–water partition coefficient (Wildman–Crippen LogP) is 0.480. The number of ether oxygens (including phenoxy) is 1. The molecule has 1 aliphatic heterocycles. The zero-order valence-corrected chi connectivity index (χ0v) is 14.1. The van der Waals surface area contributed by atoms with E-state index in [0.717, 1.165) is 19.3 Å². The molecule has 5 N–H and O–H groups in total. The summed E-state index contributed by atoms with van der Waals surface area (Å²) in [4.78, 5) is 22.5. The topological polar surface area (TPSA) is 144 Å². The number of imidazole rings is 1. The molecule has 0 bridgehead atoms. The Morgan fingerprint density at radius 1 is 1.44 bits per heavy atom. The second-order valence-corrected chi connectivity index (χ2v) is 6.08. The number of unbranched alkanes of at least 4 members (excludes halogenated alkanes) is 1. The summed E-state index contributed by atoms with van der Waals surface area (Å²) in [6.45, 7) is 2.16. The fourth-order valence-electron chi connectivity index (χ4n) is 2.76. The molecule has 2 aromatic rings. The van der Waals surface area contributed by atoms with Crippen molar-refractivity contribution in [3.05, 3.63) is 12.7 Å². The zero-order chi connectivity index (χ0) is 17.8. The van der Waals surface area contributed by atoms with Gasteiger partial charge in [0.05, 0.1) is 12.4 Å². The molecule has 0 spiro atoms. The van der Waals surface area contributed by atoms with Crippen LogP contribution in [0.1, 0.15) is 38.8 Å². The van der Waals surface area contributed by atoms with Gasteiger partial charge >= 0.3 is 0 Å². The van der Waals surface area contributed by atoms with Crippen LogP contribution in [0.2, 0.25) is 0 Å². The number of nitrogen functional groups attached to an aromatic ring is 1. The van der Waals surface area contributed by atoms with Crippen LogP contribution in [-0.2, 0) is 14.5 Å². The zero-order valence-electron chi connectivity index (χ0n) is 14.1. The van der Waals surface area contributed by atoms with Gasteiger partial charge in [0.15, 0.2) is 11.5 Å². The molecule has 3 rings (SSSR count). The summed E-state index contributed by atoms with van der Waals surface area (Å²) in [5.74, 6) is 0.302. The van der Waals surface area contributed by atoms with Crippen LogP contribution in [0.5, 0.6) is 0 Å². The third-order valence-electron chi connectivity index (χ3n) is 4.17. The van der Waals surface area contributed by atoms with E-state index < -0.39 is 24.7 Å². The molecular formula is C15H24N6O4. The summed E-state index contributed by atoms with van der Waals surface area (Å²) < 4.78 is 7.58. The van der Waals surface area contributed by atoms with Crippen LogP contribution in [0.3, 0.4) is 0 Å². The average molecular weight is 352 g/mol. The molecule has 3 heterocycles. The quantitative estimate of drug-likeness (QED) is 0.351. The number of anilines is 1. The fraction of sp³-hybridized carbons (Fsp3) is 0.667. The summed E-state index contributed by atoms with van der Waals surface area (Å²) in [5.41, 5.74) is 12.6. The molecule has 0 aliphatic carbocycles. The molecule has 0 amide bonds. The minimum absolute atomic E-state index is 0.0846. The van der Waals surface area contributed by atoms with Crippen molar-refractivity contribution in [1.82, 2.24) is 19.5 Å². The highest BCUT2D eigenvalue weighted by molar-refractivity contribution is 5.81. The fourth-order valence-corrected chi connectivity index (χ4v) is 2.76. The molecule has 0 radical (unpaired) electrons. The standard InChI is InChI=1S/C15H24N6O4/c1-2-3-4-11(16)25-23-6-10-9(22)5-12(24-10)21-8-20-13-14(17)18-7-19-15(13)21/h7-12,22H,2-6,16H2,1H3,(H2,17,18,19)/t9-,10+,11?,12+/m0/s1. The van der Waals surface area contributed by atoms with E-state index in [2.05, 4.69) is 21.9 Å². The first kappa shape index (κ1) is 18.0. The number of hydrogen-bond acceptors (Lipinski definition) is 9. The molecule has 1 fully saturated rings. The van der Waals surface area contributed by atoms with Gasteiger partial charge in [0.25, 0.3) is 0 Å². The van der Waals surface area contributed by atoms with E-state index in [1.165, 1.54) is 6.33 Å². The minimum atomic E-state index is -0.697. The number of nitrogens with two attached hydrogens (primary N) is 2. The van der Waals surface area contributed by atoms with Crippen LogP contribution in [0.15, 0.2) is 12.7 Å². The lowest BCUT2D eigenvalue weighted by molar-refractivity contribution is -0.336. The number of nitrogens with zero attached hydrogens (tertiary/aromatic N) is 4. The van der Waals surface area contributed by atoms with Crippen molar-refractivity contribution < 1.29 is 19.6 Å². The Morgan fingerprint density at radius 3 is 3.08 bits per heavy atom. The van der Waals surface area contributed by atoms with E-state index >= 15 is 0 Å². The van der Waals surface area contributed by atoms with E-state index in [4.69, 9.17) is 26.0 Å². The molecule has 25 heavy (non-hydrogen) atoms. The van der Waals surface area contributed by atoms with Gasteiger partial charge in [-0.05, 0) is 12.8 Å². The Kier molecular flexibility index (Phi) is 5.76. The maximum absolute atomic E-state index is 10.2. The van der Waals surface area contributed by atoms with E-state index in [9.17, 15) is 5.11 Å². The van der Waals surface area contributed by atoms with Gasteiger partial charge in [-0.15, -0.1) is 0 Å². The minimum Gasteiger partial charge on any atom is -0.390 e. The molecular weight excluding hydrogens is 328 g/mol. The van der Waals surface area contributed by atoms with E-state index in [-0.39, 0.29) is 6.61 Å². The van der Waals surface area contributed by atoms with Gasteiger partial charge in [0.1, 0.15) is 37.0 Å². The lowest BCUT2D eigenvalue weighted by Crippen LogP contribution is -2.30. The molecule has 0 aromatic carbocycles. The predicted molar refractivity (Wildman–Crippen MR) is 88.8 cm³/mol.